The molecule has 0 amide bonds. The Hall–Kier alpha value is -0.243. The van der Waals surface area contributed by atoms with E-state index in [1.807, 2.05) is 0 Å². The van der Waals surface area contributed by atoms with Gasteiger partial charge in [0.05, 0.1) is 0 Å². The van der Waals surface area contributed by atoms with Crippen molar-refractivity contribution in [1.29, 1.82) is 0 Å². The van der Waals surface area contributed by atoms with E-state index in [1.54, 1.807) is 5.70 Å². The Kier molecular flexibility index (Phi) is 6.86. The molecule has 1 saturated heterocycles. The van der Waals surface area contributed by atoms with Crippen molar-refractivity contribution in [1.82, 2.24) is 4.90 Å². The molecule has 0 saturated carbocycles. The van der Waals surface area contributed by atoms with E-state index in [9.17, 15) is 0 Å². The van der Waals surface area contributed by atoms with Crippen LogP contribution in [0, 0.1) is 0 Å². The van der Waals surface area contributed by atoms with Crippen molar-refractivity contribution < 1.29 is 0 Å². The first kappa shape index (κ1) is 13.8. The molecule has 1 heterocycles. The molecule has 0 aromatic heterocycles. The third-order valence-electron chi connectivity index (χ3n) is 3.86. The molecule has 1 aliphatic heterocycles. The lowest BCUT2D eigenvalue weighted by molar-refractivity contribution is 0.406. The summed E-state index contributed by atoms with van der Waals surface area (Å²) < 4.78 is 0. The minimum Gasteiger partial charge on any atom is -0.375 e. The van der Waals surface area contributed by atoms with Gasteiger partial charge in [0.25, 0.3) is 0 Å². The molecule has 0 atom stereocenters. The van der Waals surface area contributed by atoms with Crippen molar-refractivity contribution in [3.63, 3.8) is 0 Å². The van der Waals surface area contributed by atoms with Crippen molar-refractivity contribution in [3.05, 3.63) is 11.8 Å². The van der Waals surface area contributed by atoms with Crippen LogP contribution in [0.5, 0.6) is 0 Å². The molecule has 0 radical (unpaired) electrons. The predicted octanol–water partition coefficient (Wildman–Crippen LogP) is 4.03. The highest BCUT2D eigenvalue weighted by atomic mass is 28.3. The summed E-state index contributed by atoms with van der Waals surface area (Å²) in [6, 6.07) is 4.36. The van der Waals surface area contributed by atoms with E-state index >= 15 is 0 Å². The fraction of sp³-hybridized carbons (Fsp3) is 0.857. The lowest BCUT2D eigenvalue weighted by Gasteiger charge is -2.22. The summed E-state index contributed by atoms with van der Waals surface area (Å²) in [7, 11) is -0.419. The molecular weight excluding hydrogens is 210 g/mol. The number of likely N-dealkylation sites (tertiary alicyclic amines) is 1. The van der Waals surface area contributed by atoms with Crippen molar-refractivity contribution in [3.8, 4) is 0 Å². The maximum absolute atomic E-state index is 2.64. The molecule has 0 bridgehead atoms. The van der Waals surface area contributed by atoms with Gasteiger partial charge in [-0.3, -0.25) is 0 Å². The third kappa shape index (κ3) is 4.32. The zero-order chi connectivity index (χ0) is 11.8. The average Bonchev–Trinajstić information content (AvgIpc) is 2.82. The summed E-state index contributed by atoms with van der Waals surface area (Å²) in [6.45, 7) is 9.69. The Morgan fingerprint density at radius 1 is 1.12 bits per heavy atom. The number of hydrogen-bond donors (Lipinski definition) is 0. The Balaban J connectivity index is 2.50. The minimum atomic E-state index is -0.419. The molecule has 0 spiro atoms. The first-order chi connectivity index (χ1) is 7.81. The summed E-state index contributed by atoms with van der Waals surface area (Å²) in [5.74, 6) is 0. The SMILES string of the molecule is CCCC(=CC[SiH](CC)CC)N1CCCC1. The van der Waals surface area contributed by atoms with Gasteiger partial charge < -0.3 is 4.90 Å². The summed E-state index contributed by atoms with van der Waals surface area (Å²) >= 11 is 0. The van der Waals surface area contributed by atoms with Gasteiger partial charge in [-0.2, -0.15) is 0 Å². The second-order valence-corrected chi connectivity index (χ2v) is 8.89. The molecule has 1 nitrogen and oxygen atoms in total. The molecule has 0 aromatic carbocycles. The van der Waals surface area contributed by atoms with Gasteiger partial charge in [0, 0.05) is 27.6 Å². The predicted molar refractivity (Wildman–Crippen MR) is 76.7 cm³/mol. The van der Waals surface area contributed by atoms with Crippen LogP contribution < -0.4 is 0 Å². The van der Waals surface area contributed by atoms with Crippen LogP contribution >= 0.6 is 0 Å². The highest BCUT2D eigenvalue weighted by Crippen LogP contribution is 2.20. The Labute approximate surface area is 104 Å². The molecular formula is C14H29NSi. The molecule has 0 aliphatic carbocycles. The average molecular weight is 239 g/mol. The molecule has 1 fully saturated rings. The van der Waals surface area contributed by atoms with Gasteiger partial charge in [-0.05, 0) is 25.3 Å². The Morgan fingerprint density at radius 2 is 1.75 bits per heavy atom. The number of allylic oxidation sites excluding steroid dienone is 2. The third-order valence-corrected chi connectivity index (χ3v) is 7.07. The van der Waals surface area contributed by atoms with Gasteiger partial charge in [-0.1, -0.05) is 45.4 Å². The summed E-state index contributed by atoms with van der Waals surface area (Å²) in [5, 5.41) is 0. The fourth-order valence-electron chi connectivity index (χ4n) is 2.57. The summed E-state index contributed by atoms with van der Waals surface area (Å²) in [4.78, 5) is 2.64. The smallest absolute Gasteiger partial charge is 0.0401 e. The standard InChI is InChI=1S/C14H29NSi/c1-4-9-14(15-11-7-8-12-15)10-13-16(5-2)6-3/h10,16H,4-9,11-13H2,1-3H3. The zero-order valence-electron chi connectivity index (χ0n) is 11.5. The molecule has 1 rings (SSSR count). The van der Waals surface area contributed by atoms with E-state index in [1.165, 1.54) is 56.9 Å². The van der Waals surface area contributed by atoms with Crippen molar-refractivity contribution in [2.24, 2.45) is 0 Å². The first-order valence-electron chi connectivity index (χ1n) is 7.25. The molecule has 0 unspecified atom stereocenters. The maximum atomic E-state index is 2.64. The van der Waals surface area contributed by atoms with Crippen LogP contribution in [0.1, 0.15) is 46.5 Å². The van der Waals surface area contributed by atoms with Crippen LogP contribution in [-0.4, -0.2) is 26.8 Å². The van der Waals surface area contributed by atoms with Crippen LogP contribution in [0.4, 0.5) is 0 Å². The minimum absolute atomic E-state index is 0.419. The largest absolute Gasteiger partial charge is 0.375 e. The van der Waals surface area contributed by atoms with E-state index in [0.717, 1.165) is 0 Å². The molecule has 16 heavy (non-hydrogen) atoms. The highest BCUT2D eigenvalue weighted by molar-refractivity contribution is 6.59. The molecule has 1 aliphatic rings. The molecule has 2 heteroatoms. The van der Waals surface area contributed by atoms with E-state index < -0.39 is 8.80 Å². The fourth-order valence-corrected chi connectivity index (χ4v) is 4.42. The van der Waals surface area contributed by atoms with E-state index in [0.29, 0.717) is 0 Å². The van der Waals surface area contributed by atoms with Gasteiger partial charge in [-0.25, -0.2) is 0 Å². The Bertz CT molecular complexity index is 203. The monoisotopic (exact) mass is 239 g/mol. The van der Waals surface area contributed by atoms with Gasteiger partial charge in [0.1, 0.15) is 0 Å². The number of nitrogens with zero attached hydrogens (tertiary/aromatic N) is 1. The molecule has 0 aromatic rings. The summed E-state index contributed by atoms with van der Waals surface area (Å²) in [5.41, 5.74) is 1.67. The first-order valence-corrected chi connectivity index (χ1v) is 9.70. The van der Waals surface area contributed by atoms with Gasteiger partial charge in [-0.15, -0.1) is 0 Å². The normalized spacial score (nSPS) is 17.5. The van der Waals surface area contributed by atoms with Crippen LogP contribution in [0.3, 0.4) is 0 Å². The highest BCUT2D eigenvalue weighted by Gasteiger charge is 2.14. The van der Waals surface area contributed by atoms with Crippen LogP contribution in [0.15, 0.2) is 11.8 Å². The molecule has 0 N–H and O–H groups in total. The topological polar surface area (TPSA) is 3.24 Å². The maximum Gasteiger partial charge on any atom is 0.0401 e. The van der Waals surface area contributed by atoms with Crippen molar-refractivity contribution in [2.45, 2.75) is 64.6 Å². The second-order valence-electron chi connectivity index (χ2n) is 5.06. The summed E-state index contributed by atoms with van der Waals surface area (Å²) in [6.07, 6.45) is 8.01. The quantitative estimate of drug-likeness (QED) is 0.606. The van der Waals surface area contributed by atoms with E-state index in [4.69, 9.17) is 0 Å². The van der Waals surface area contributed by atoms with E-state index in [2.05, 4.69) is 31.7 Å². The Morgan fingerprint density at radius 3 is 2.25 bits per heavy atom. The second kappa shape index (κ2) is 7.94. The van der Waals surface area contributed by atoms with Gasteiger partial charge in [0.15, 0.2) is 0 Å². The van der Waals surface area contributed by atoms with Crippen LogP contribution in [0.25, 0.3) is 0 Å². The van der Waals surface area contributed by atoms with E-state index in [-0.39, 0.29) is 0 Å². The number of rotatable bonds is 7. The van der Waals surface area contributed by atoms with Crippen LogP contribution in [-0.2, 0) is 0 Å². The van der Waals surface area contributed by atoms with Crippen molar-refractivity contribution >= 4 is 8.80 Å². The zero-order valence-corrected chi connectivity index (χ0v) is 12.6. The van der Waals surface area contributed by atoms with Crippen molar-refractivity contribution in [2.75, 3.05) is 13.1 Å². The van der Waals surface area contributed by atoms with Crippen LogP contribution in [0.2, 0.25) is 18.1 Å². The van der Waals surface area contributed by atoms with Gasteiger partial charge >= 0.3 is 0 Å². The van der Waals surface area contributed by atoms with Gasteiger partial charge in [0.2, 0.25) is 0 Å². The lowest BCUT2D eigenvalue weighted by Crippen LogP contribution is -2.19. The molecule has 94 valence electrons. The number of hydrogen-bond acceptors (Lipinski definition) is 1. The lowest BCUT2D eigenvalue weighted by atomic mass is 10.2.